The van der Waals surface area contributed by atoms with Crippen molar-refractivity contribution in [3.8, 4) is 0 Å². The minimum atomic E-state index is 0.522. The molecule has 0 radical (unpaired) electrons. The van der Waals surface area contributed by atoms with E-state index in [1.54, 1.807) is 0 Å². The Morgan fingerprint density at radius 2 is 1.73 bits per heavy atom. The number of likely N-dealkylation sites (N-methyl/N-ethyl adjacent to an activating group) is 2. The van der Waals surface area contributed by atoms with Crippen LogP contribution in [0.15, 0.2) is 4.99 Å². The van der Waals surface area contributed by atoms with Gasteiger partial charge in [-0.25, -0.2) is 0 Å². The third-order valence-corrected chi connectivity index (χ3v) is 6.50. The third kappa shape index (κ3) is 5.57. The number of rotatable bonds is 5. The Morgan fingerprint density at radius 3 is 2.42 bits per heavy atom. The molecule has 0 amide bonds. The molecule has 1 aliphatic carbocycles. The molecule has 150 valence electrons. The van der Waals surface area contributed by atoms with Crippen LogP contribution in [0.2, 0.25) is 0 Å². The first-order valence-electron chi connectivity index (χ1n) is 10.8. The topological polar surface area (TPSA) is 46.1 Å². The van der Waals surface area contributed by atoms with Crippen LogP contribution in [0.25, 0.3) is 0 Å². The number of hydrogen-bond donors (Lipinski definition) is 2. The molecule has 6 nitrogen and oxygen atoms in total. The standard InChI is InChI=1S/C20H40N6/c1-4-21-20(22-15-19-16-24(2)13-14-25(19)3)23-17-9-11-26(12-10-17)18-7-5-6-8-18/h17-19H,4-16H2,1-3H3,(H2,21,22,23). The van der Waals surface area contributed by atoms with Gasteiger partial charge in [0, 0.05) is 57.4 Å². The van der Waals surface area contributed by atoms with Gasteiger partial charge in [-0.05, 0) is 46.7 Å². The van der Waals surface area contributed by atoms with Gasteiger partial charge in [-0.2, -0.15) is 0 Å². The van der Waals surface area contributed by atoms with Crippen molar-refractivity contribution in [2.45, 2.75) is 63.6 Å². The number of guanidine groups is 1. The van der Waals surface area contributed by atoms with E-state index in [2.05, 4.69) is 46.4 Å². The number of piperazine rings is 1. The number of piperidine rings is 1. The first-order valence-corrected chi connectivity index (χ1v) is 10.8. The van der Waals surface area contributed by atoms with Crippen molar-refractivity contribution >= 4 is 5.96 Å². The van der Waals surface area contributed by atoms with Gasteiger partial charge in [0.25, 0.3) is 0 Å². The van der Waals surface area contributed by atoms with Gasteiger partial charge in [0.2, 0.25) is 0 Å². The van der Waals surface area contributed by atoms with Gasteiger partial charge in [-0.15, -0.1) is 0 Å². The molecule has 1 unspecified atom stereocenters. The quantitative estimate of drug-likeness (QED) is 0.567. The highest BCUT2D eigenvalue weighted by Gasteiger charge is 2.27. The van der Waals surface area contributed by atoms with Gasteiger partial charge in [-0.1, -0.05) is 12.8 Å². The maximum absolute atomic E-state index is 4.93. The Labute approximate surface area is 160 Å². The number of likely N-dealkylation sites (tertiary alicyclic amines) is 1. The zero-order valence-corrected chi connectivity index (χ0v) is 17.2. The molecule has 26 heavy (non-hydrogen) atoms. The van der Waals surface area contributed by atoms with E-state index in [0.29, 0.717) is 12.1 Å². The molecule has 3 aliphatic rings. The van der Waals surface area contributed by atoms with Gasteiger partial charge in [-0.3, -0.25) is 9.89 Å². The fourth-order valence-corrected chi connectivity index (χ4v) is 4.69. The van der Waals surface area contributed by atoms with Gasteiger partial charge in [0.05, 0.1) is 6.54 Å². The molecule has 3 rings (SSSR count). The van der Waals surface area contributed by atoms with Crippen LogP contribution in [0.1, 0.15) is 45.4 Å². The molecule has 2 aliphatic heterocycles. The number of hydrogen-bond acceptors (Lipinski definition) is 4. The zero-order valence-electron chi connectivity index (χ0n) is 17.2. The van der Waals surface area contributed by atoms with Gasteiger partial charge in [0.15, 0.2) is 5.96 Å². The van der Waals surface area contributed by atoms with E-state index >= 15 is 0 Å². The first kappa shape index (κ1) is 19.9. The molecule has 0 bridgehead atoms. The molecule has 0 aromatic rings. The summed E-state index contributed by atoms with van der Waals surface area (Å²) in [5.74, 6) is 1.01. The average Bonchev–Trinajstić information content (AvgIpc) is 3.18. The summed E-state index contributed by atoms with van der Waals surface area (Å²) >= 11 is 0. The predicted octanol–water partition coefficient (Wildman–Crippen LogP) is 1.19. The summed E-state index contributed by atoms with van der Waals surface area (Å²) in [6.07, 6.45) is 8.20. The molecule has 2 N–H and O–H groups in total. The van der Waals surface area contributed by atoms with Gasteiger partial charge in [0.1, 0.15) is 0 Å². The van der Waals surface area contributed by atoms with E-state index in [-0.39, 0.29) is 0 Å². The summed E-state index contributed by atoms with van der Waals surface area (Å²) < 4.78 is 0. The van der Waals surface area contributed by atoms with Crippen LogP contribution >= 0.6 is 0 Å². The first-order chi connectivity index (χ1) is 12.7. The van der Waals surface area contributed by atoms with Gasteiger partial charge >= 0.3 is 0 Å². The molecule has 0 spiro atoms. The summed E-state index contributed by atoms with van der Waals surface area (Å²) in [6, 6.07) is 1.96. The Balaban J connectivity index is 1.47. The molecule has 0 aromatic heterocycles. The highest BCUT2D eigenvalue weighted by atomic mass is 15.3. The van der Waals surface area contributed by atoms with Crippen LogP contribution in [0.5, 0.6) is 0 Å². The van der Waals surface area contributed by atoms with E-state index < -0.39 is 0 Å². The Kier molecular flexibility index (Phi) is 7.58. The average molecular weight is 365 g/mol. The normalized spacial score (nSPS) is 28.6. The second-order valence-corrected chi connectivity index (χ2v) is 8.51. The molecule has 1 atom stereocenters. The molecule has 2 saturated heterocycles. The maximum Gasteiger partial charge on any atom is 0.191 e. The largest absolute Gasteiger partial charge is 0.357 e. The lowest BCUT2D eigenvalue weighted by atomic mass is 10.0. The number of nitrogens with one attached hydrogen (secondary N) is 2. The third-order valence-electron chi connectivity index (χ3n) is 6.50. The van der Waals surface area contributed by atoms with Crippen LogP contribution < -0.4 is 10.6 Å². The lowest BCUT2D eigenvalue weighted by Gasteiger charge is -2.37. The van der Waals surface area contributed by atoms with Crippen LogP contribution in [0.4, 0.5) is 0 Å². The van der Waals surface area contributed by atoms with Crippen molar-refractivity contribution in [3.05, 3.63) is 0 Å². The van der Waals surface area contributed by atoms with Crippen LogP contribution in [-0.4, -0.2) is 98.7 Å². The summed E-state index contributed by atoms with van der Waals surface area (Å²) in [5.41, 5.74) is 0. The van der Waals surface area contributed by atoms with Crippen molar-refractivity contribution in [2.75, 3.05) is 59.9 Å². The molecular formula is C20H40N6. The van der Waals surface area contributed by atoms with Crippen molar-refractivity contribution in [1.29, 1.82) is 0 Å². The van der Waals surface area contributed by atoms with E-state index in [1.807, 2.05) is 0 Å². The summed E-state index contributed by atoms with van der Waals surface area (Å²) in [4.78, 5) is 12.5. The van der Waals surface area contributed by atoms with E-state index in [0.717, 1.165) is 44.7 Å². The Morgan fingerprint density at radius 1 is 1.00 bits per heavy atom. The van der Waals surface area contributed by atoms with E-state index in [4.69, 9.17) is 4.99 Å². The summed E-state index contributed by atoms with van der Waals surface area (Å²) in [5, 5.41) is 7.17. The van der Waals surface area contributed by atoms with Crippen LogP contribution in [0, 0.1) is 0 Å². The SMILES string of the molecule is CCNC(=NCC1CN(C)CCN1C)NC1CCN(C2CCCC2)CC1. The molecule has 2 heterocycles. The van der Waals surface area contributed by atoms with Crippen LogP contribution in [-0.2, 0) is 0 Å². The molecule has 3 fully saturated rings. The fraction of sp³-hybridized carbons (Fsp3) is 0.950. The maximum atomic E-state index is 4.93. The minimum Gasteiger partial charge on any atom is -0.357 e. The van der Waals surface area contributed by atoms with Crippen molar-refractivity contribution < 1.29 is 0 Å². The predicted molar refractivity (Wildman–Crippen MR) is 110 cm³/mol. The van der Waals surface area contributed by atoms with Crippen molar-refractivity contribution in [2.24, 2.45) is 4.99 Å². The minimum absolute atomic E-state index is 0.522. The second-order valence-electron chi connectivity index (χ2n) is 8.51. The fourth-order valence-electron chi connectivity index (χ4n) is 4.69. The zero-order chi connectivity index (χ0) is 18.4. The van der Waals surface area contributed by atoms with E-state index in [1.165, 1.54) is 51.6 Å². The summed E-state index contributed by atoms with van der Waals surface area (Å²) in [7, 11) is 4.44. The molecule has 1 saturated carbocycles. The summed E-state index contributed by atoms with van der Waals surface area (Å²) in [6.45, 7) is 9.86. The molecule has 6 heteroatoms. The Hall–Kier alpha value is -0.850. The lowest BCUT2D eigenvalue weighted by Crippen LogP contribution is -2.52. The number of nitrogens with zero attached hydrogens (tertiary/aromatic N) is 4. The Bertz CT molecular complexity index is 440. The van der Waals surface area contributed by atoms with E-state index in [9.17, 15) is 0 Å². The lowest BCUT2D eigenvalue weighted by molar-refractivity contribution is 0.119. The van der Waals surface area contributed by atoms with Crippen molar-refractivity contribution in [3.63, 3.8) is 0 Å². The monoisotopic (exact) mass is 364 g/mol. The smallest absolute Gasteiger partial charge is 0.191 e. The van der Waals surface area contributed by atoms with Crippen LogP contribution in [0.3, 0.4) is 0 Å². The highest BCUT2D eigenvalue weighted by molar-refractivity contribution is 5.80. The molecule has 0 aromatic carbocycles. The van der Waals surface area contributed by atoms with Crippen molar-refractivity contribution in [1.82, 2.24) is 25.3 Å². The second kappa shape index (κ2) is 9.90. The highest BCUT2D eigenvalue weighted by Crippen LogP contribution is 2.26. The number of aliphatic imine (C=N–C) groups is 1. The molecular weight excluding hydrogens is 324 g/mol. The van der Waals surface area contributed by atoms with Gasteiger partial charge < -0.3 is 20.4 Å².